The second-order valence-electron chi connectivity index (χ2n) is 5.47. The number of methoxy groups -OCH3 is 1. The van der Waals surface area contributed by atoms with Crippen LogP contribution < -0.4 is 0 Å². The number of ketones is 1. The summed E-state index contributed by atoms with van der Waals surface area (Å²) in [6, 6.07) is 9.91. The molecule has 0 spiro atoms. The molecule has 0 unspecified atom stereocenters. The molecular weight excluding hydrogens is 280 g/mol. The third kappa shape index (κ3) is 3.83. The minimum absolute atomic E-state index is 0.0510. The number of carbonyl (C=O) groups is 2. The van der Waals surface area contributed by atoms with Gasteiger partial charge in [-0.3, -0.25) is 9.59 Å². The van der Waals surface area contributed by atoms with Gasteiger partial charge in [-0.25, -0.2) is 0 Å². The van der Waals surface area contributed by atoms with Gasteiger partial charge in [-0.05, 0) is 24.8 Å². The second kappa shape index (κ2) is 7.90. The predicted octanol–water partition coefficient (Wildman–Crippen LogP) is 3.06. The zero-order valence-corrected chi connectivity index (χ0v) is 12.9. The van der Waals surface area contributed by atoms with E-state index in [0.717, 1.165) is 5.56 Å². The lowest BCUT2D eigenvalue weighted by molar-refractivity contribution is -0.155. The number of allylic oxidation sites excluding steroid dienone is 1. The lowest BCUT2D eigenvalue weighted by Gasteiger charge is -2.28. The Morgan fingerprint density at radius 3 is 2.73 bits per heavy atom. The molecule has 1 aliphatic carbocycles. The zero-order chi connectivity index (χ0) is 15.8. The molecule has 0 bridgehead atoms. The van der Waals surface area contributed by atoms with Gasteiger partial charge in [0.15, 0.2) is 5.78 Å². The first kappa shape index (κ1) is 16.4. The van der Waals surface area contributed by atoms with Crippen LogP contribution in [0.5, 0.6) is 0 Å². The molecular formula is C18H22O4. The van der Waals surface area contributed by atoms with E-state index in [1.807, 2.05) is 36.4 Å². The first-order valence-electron chi connectivity index (χ1n) is 7.60. The maximum absolute atomic E-state index is 12.2. The molecule has 0 aromatic heterocycles. The van der Waals surface area contributed by atoms with Crippen molar-refractivity contribution in [2.75, 3.05) is 13.7 Å². The van der Waals surface area contributed by atoms with Crippen LogP contribution in [0, 0.1) is 5.41 Å². The van der Waals surface area contributed by atoms with Gasteiger partial charge in [0, 0.05) is 13.0 Å². The highest BCUT2D eigenvalue weighted by Gasteiger charge is 2.44. The first-order valence-corrected chi connectivity index (χ1v) is 7.60. The van der Waals surface area contributed by atoms with E-state index in [1.54, 1.807) is 6.08 Å². The molecule has 1 aromatic carbocycles. The molecule has 0 amide bonds. The third-order valence-electron chi connectivity index (χ3n) is 3.96. The number of esters is 1. The quantitative estimate of drug-likeness (QED) is 0.336. The monoisotopic (exact) mass is 302 g/mol. The van der Waals surface area contributed by atoms with Gasteiger partial charge in [0.05, 0.1) is 13.7 Å². The van der Waals surface area contributed by atoms with Crippen molar-refractivity contribution in [1.29, 1.82) is 0 Å². The number of benzene rings is 1. The first-order chi connectivity index (χ1) is 10.7. The molecule has 22 heavy (non-hydrogen) atoms. The van der Waals surface area contributed by atoms with Crippen molar-refractivity contribution >= 4 is 11.8 Å². The third-order valence-corrected chi connectivity index (χ3v) is 3.96. The summed E-state index contributed by atoms with van der Waals surface area (Å²) >= 11 is 0. The Balaban J connectivity index is 1.85. The van der Waals surface area contributed by atoms with Gasteiger partial charge in [-0.2, -0.15) is 0 Å². The van der Waals surface area contributed by atoms with Crippen molar-refractivity contribution in [2.45, 2.75) is 32.3 Å². The van der Waals surface area contributed by atoms with Crippen LogP contribution in [0.15, 0.2) is 42.5 Å². The largest absolute Gasteiger partial charge is 0.468 e. The minimum atomic E-state index is -1.11. The van der Waals surface area contributed by atoms with Crippen molar-refractivity contribution in [3.8, 4) is 0 Å². The molecule has 0 aliphatic heterocycles. The van der Waals surface area contributed by atoms with E-state index in [1.165, 1.54) is 7.11 Å². The molecule has 0 heterocycles. The summed E-state index contributed by atoms with van der Waals surface area (Å²) in [5, 5.41) is 0. The fourth-order valence-corrected chi connectivity index (χ4v) is 2.72. The van der Waals surface area contributed by atoms with Crippen LogP contribution in [0.2, 0.25) is 0 Å². The maximum atomic E-state index is 12.2. The summed E-state index contributed by atoms with van der Waals surface area (Å²) in [6.45, 7) is 1.05. The number of rotatable bonds is 7. The Bertz CT molecular complexity index is 535. The van der Waals surface area contributed by atoms with E-state index in [2.05, 4.69) is 0 Å². The fourth-order valence-electron chi connectivity index (χ4n) is 2.72. The molecule has 2 rings (SSSR count). The summed E-state index contributed by atoms with van der Waals surface area (Å²) < 4.78 is 10.5. The molecule has 4 heteroatoms. The highest BCUT2D eigenvalue weighted by atomic mass is 16.5. The van der Waals surface area contributed by atoms with E-state index in [0.29, 0.717) is 38.9 Å². The number of carbonyl (C=O) groups excluding carboxylic acids is 2. The van der Waals surface area contributed by atoms with E-state index in [9.17, 15) is 9.59 Å². The van der Waals surface area contributed by atoms with Gasteiger partial charge in [-0.1, -0.05) is 42.5 Å². The molecule has 4 nitrogen and oxygen atoms in total. The summed E-state index contributed by atoms with van der Waals surface area (Å²) in [6.07, 6.45) is 5.77. The summed E-state index contributed by atoms with van der Waals surface area (Å²) in [5.74, 6) is -0.513. The van der Waals surface area contributed by atoms with E-state index >= 15 is 0 Å². The van der Waals surface area contributed by atoms with E-state index in [-0.39, 0.29) is 5.78 Å². The number of hydrogen-bond acceptors (Lipinski definition) is 4. The molecule has 0 saturated heterocycles. The number of ether oxygens (including phenoxy) is 2. The van der Waals surface area contributed by atoms with Gasteiger partial charge >= 0.3 is 5.97 Å². The Hall–Kier alpha value is -1.94. The number of hydrogen-bond donors (Lipinski definition) is 0. The normalized spacial score (nSPS) is 20.9. The van der Waals surface area contributed by atoms with Crippen molar-refractivity contribution in [3.63, 3.8) is 0 Å². The second-order valence-corrected chi connectivity index (χ2v) is 5.47. The molecule has 1 aromatic rings. The summed E-state index contributed by atoms with van der Waals surface area (Å²) in [7, 11) is 1.33. The van der Waals surface area contributed by atoms with Crippen LogP contribution in [-0.2, 0) is 25.7 Å². The van der Waals surface area contributed by atoms with Crippen molar-refractivity contribution in [3.05, 3.63) is 48.0 Å². The van der Waals surface area contributed by atoms with Crippen LogP contribution >= 0.6 is 0 Å². The Labute approximate surface area is 131 Å². The van der Waals surface area contributed by atoms with Crippen LogP contribution in [0.3, 0.4) is 0 Å². The van der Waals surface area contributed by atoms with Crippen LogP contribution in [0.4, 0.5) is 0 Å². The van der Waals surface area contributed by atoms with Crippen molar-refractivity contribution in [2.24, 2.45) is 5.41 Å². The molecule has 118 valence electrons. The van der Waals surface area contributed by atoms with Crippen LogP contribution in [-0.4, -0.2) is 25.5 Å². The van der Waals surface area contributed by atoms with Crippen LogP contribution in [0.25, 0.3) is 0 Å². The van der Waals surface area contributed by atoms with Gasteiger partial charge in [0.1, 0.15) is 5.41 Å². The molecule has 1 atom stereocenters. The van der Waals surface area contributed by atoms with Crippen LogP contribution in [0.1, 0.15) is 31.2 Å². The van der Waals surface area contributed by atoms with Gasteiger partial charge < -0.3 is 9.47 Å². The molecule has 1 aliphatic rings. The Morgan fingerprint density at radius 1 is 1.27 bits per heavy atom. The van der Waals surface area contributed by atoms with Crippen molar-refractivity contribution < 1.29 is 19.1 Å². The highest BCUT2D eigenvalue weighted by Crippen LogP contribution is 2.34. The van der Waals surface area contributed by atoms with Crippen molar-refractivity contribution in [1.82, 2.24) is 0 Å². The van der Waals surface area contributed by atoms with Gasteiger partial charge in [-0.15, -0.1) is 0 Å². The lowest BCUT2D eigenvalue weighted by Crippen LogP contribution is -2.40. The SMILES string of the molecule is COC(=O)[C@@]1(CCCOCc2ccccc2)C=CCCC1=O. The van der Waals surface area contributed by atoms with Gasteiger partial charge in [0.25, 0.3) is 0 Å². The zero-order valence-electron chi connectivity index (χ0n) is 12.9. The summed E-state index contributed by atoms with van der Waals surface area (Å²) in [4.78, 5) is 24.3. The van der Waals surface area contributed by atoms with E-state index in [4.69, 9.17) is 9.47 Å². The Morgan fingerprint density at radius 2 is 2.05 bits per heavy atom. The Kier molecular flexibility index (Phi) is 5.90. The van der Waals surface area contributed by atoms with Gasteiger partial charge in [0.2, 0.25) is 0 Å². The molecule has 0 radical (unpaired) electrons. The highest BCUT2D eigenvalue weighted by molar-refractivity contribution is 6.06. The lowest BCUT2D eigenvalue weighted by atomic mass is 9.74. The fraction of sp³-hybridized carbons (Fsp3) is 0.444. The predicted molar refractivity (Wildman–Crippen MR) is 83.2 cm³/mol. The average Bonchev–Trinajstić information content (AvgIpc) is 2.56. The molecule has 0 saturated carbocycles. The topological polar surface area (TPSA) is 52.6 Å². The molecule has 0 N–H and O–H groups in total. The molecule has 0 fully saturated rings. The number of Topliss-reactive ketones (excluding diaryl/α,β-unsaturated/α-hetero) is 1. The summed E-state index contributed by atoms with van der Waals surface area (Å²) in [5.41, 5.74) is 0.00199. The average molecular weight is 302 g/mol. The minimum Gasteiger partial charge on any atom is -0.468 e. The maximum Gasteiger partial charge on any atom is 0.323 e. The van der Waals surface area contributed by atoms with E-state index < -0.39 is 11.4 Å². The standard InChI is InChI=1S/C18H22O4/c1-21-17(20)18(11-6-5-10-16(18)19)12-7-13-22-14-15-8-3-2-4-9-15/h2-4,6,8-9,11H,5,7,10,12-14H2,1H3/t18-/m1/s1. The smallest absolute Gasteiger partial charge is 0.323 e.